The van der Waals surface area contributed by atoms with Crippen molar-refractivity contribution in [3.8, 4) is 0 Å². The SMILES string of the molecule is CC.CC.Cc1ccc2c(n1)CCCC2. The van der Waals surface area contributed by atoms with Crippen LogP contribution in [0.3, 0.4) is 0 Å². The first-order chi connectivity index (χ1) is 7.36. The molecule has 1 aromatic rings. The molecule has 1 aliphatic rings. The van der Waals surface area contributed by atoms with E-state index in [1.54, 1.807) is 0 Å². The zero-order valence-electron chi connectivity index (χ0n) is 10.9. The van der Waals surface area contributed by atoms with Gasteiger partial charge < -0.3 is 0 Å². The molecule has 15 heavy (non-hydrogen) atoms. The Morgan fingerprint density at radius 3 is 2.20 bits per heavy atom. The molecule has 0 saturated carbocycles. The molecule has 1 aromatic heterocycles. The third-order valence-electron chi connectivity index (χ3n) is 2.32. The molecule has 1 heterocycles. The number of hydrogen-bond acceptors (Lipinski definition) is 1. The summed E-state index contributed by atoms with van der Waals surface area (Å²) >= 11 is 0. The van der Waals surface area contributed by atoms with Crippen molar-refractivity contribution < 1.29 is 0 Å². The minimum absolute atomic E-state index is 1.16. The van der Waals surface area contributed by atoms with Gasteiger partial charge in [0.2, 0.25) is 0 Å². The number of aromatic nitrogens is 1. The lowest BCUT2D eigenvalue weighted by molar-refractivity contribution is 0.665. The van der Waals surface area contributed by atoms with E-state index in [4.69, 9.17) is 0 Å². The number of hydrogen-bond donors (Lipinski definition) is 0. The maximum Gasteiger partial charge on any atom is 0.0438 e. The van der Waals surface area contributed by atoms with Crippen molar-refractivity contribution in [1.29, 1.82) is 0 Å². The topological polar surface area (TPSA) is 12.9 Å². The van der Waals surface area contributed by atoms with Crippen LogP contribution in [0.5, 0.6) is 0 Å². The monoisotopic (exact) mass is 207 g/mol. The third kappa shape index (κ3) is 4.46. The highest BCUT2D eigenvalue weighted by atomic mass is 14.7. The first-order valence-corrected chi connectivity index (χ1v) is 6.32. The van der Waals surface area contributed by atoms with Crippen LogP contribution in [0.2, 0.25) is 0 Å². The predicted octanol–water partition coefficient (Wildman–Crippen LogP) is 4.32. The first-order valence-electron chi connectivity index (χ1n) is 6.32. The van der Waals surface area contributed by atoms with Crippen molar-refractivity contribution in [2.75, 3.05) is 0 Å². The predicted molar refractivity (Wildman–Crippen MR) is 68.3 cm³/mol. The second kappa shape index (κ2) is 8.46. The number of nitrogens with zero attached hydrogens (tertiary/aromatic N) is 1. The van der Waals surface area contributed by atoms with Crippen LogP contribution in [0.25, 0.3) is 0 Å². The zero-order valence-corrected chi connectivity index (χ0v) is 10.9. The molecule has 0 aliphatic heterocycles. The van der Waals surface area contributed by atoms with E-state index in [0.717, 1.165) is 5.69 Å². The highest BCUT2D eigenvalue weighted by Gasteiger charge is 2.09. The molecule has 0 radical (unpaired) electrons. The number of rotatable bonds is 0. The van der Waals surface area contributed by atoms with Crippen LogP contribution in [0, 0.1) is 6.92 Å². The summed E-state index contributed by atoms with van der Waals surface area (Å²) in [6.45, 7) is 10.1. The Labute approximate surface area is 94.9 Å². The average Bonchev–Trinajstić information content (AvgIpc) is 2.34. The summed E-state index contributed by atoms with van der Waals surface area (Å²) in [7, 11) is 0. The molecule has 0 fully saturated rings. The van der Waals surface area contributed by atoms with E-state index in [2.05, 4.69) is 24.0 Å². The van der Waals surface area contributed by atoms with Crippen molar-refractivity contribution >= 4 is 0 Å². The summed E-state index contributed by atoms with van der Waals surface area (Å²) in [5.41, 5.74) is 3.98. The fraction of sp³-hybridized carbons (Fsp3) is 0.643. The summed E-state index contributed by atoms with van der Waals surface area (Å²) in [5, 5.41) is 0. The molecule has 0 spiro atoms. The Morgan fingerprint density at radius 2 is 1.53 bits per heavy atom. The van der Waals surface area contributed by atoms with Crippen LogP contribution < -0.4 is 0 Å². The van der Waals surface area contributed by atoms with E-state index in [-0.39, 0.29) is 0 Å². The van der Waals surface area contributed by atoms with Crippen LogP contribution >= 0.6 is 0 Å². The molecule has 2 rings (SSSR count). The van der Waals surface area contributed by atoms with Gasteiger partial charge in [0.25, 0.3) is 0 Å². The Bertz CT molecular complexity index is 266. The fourth-order valence-corrected chi connectivity index (χ4v) is 1.69. The van der Waals surface area contributed by atoms with Gasteiger partial charge in [0.15, 0.2) is 0 Å². The van der Waals surface area contributed by atoms with Crippen LogP contribution in [0.4, 0.5) is 0 Å². The quantitative estimate of drug-likeness (QED) is 0.617. The third-order valence-corrected chi connectivity index (χ3v) is 2.32. The molecule has 0 N–H and O–H groups in total. The molecule has 1 aliphatic carbocycles. The standard InChI is InChI=1S/C10H13N.2C2H6/c1-8-6-7-9-4-2-3-5-10(9)11-8;2*1-2/h6-7H,2-5H2,1H3;2*1-2H3. The first kappa shape index (κ1) is 14.2. The second-order valence-corrected chi connectivity index (χ2v) is 3.27. The van der Waals surface area contributed by atoms with Crippen LogP contribution in [0.1, 0.15) is 57.5 Å². The van der Waals surface area contributed by atoms with E-state index in [9.17, 15) is 0 Å². The van der Waals surface area contributed by atoms with Gasteiger partial charge in [-0.1, -0.05) is 33.8 Å². The number of pyridine rings is 1. The molecule has 0 atom stereocenters. The molecular formula is C14H25N. The Morgan fingerprint density at radius 1 is 0.933 bits per heavy atom. The van der Waals surface area contributed by atoms with E-state index in [0.29, 0.717) is 0 Å². The van der Waals surface area contributed by atoms with Gasteiger partial charge in [0, 0.05) is 11.4 Å². The minimum Gasteiger partial charge on any atom is -0.258 e. The van der Waals surface area contributed by atoms with E-state index < -0.39 is 0 Å². The van der Waals surface area contributed by atoms with Gasteiger partial charge in [0.05, 0.1) is 0 Å². The normalized spacial score (nSPS) is 12.6. The summed E-state index contributed by atoms with van der Waals surface area (Å²) in [6, 6.07) is 4.35. The maximum absolute atomic E-state index is 4.51. The van der Waals surface area contributed by atoms with Crippen LogP contribution in [0.15, 0.2) is 12.1 Å². The molecule has 1 heteroatoms. The maximum atomic E-state index is 4.51. The van der Waals surface area contributed by atoms with E-state index in [1.165, 1.54) is 36.9 Å². The number of aryl methyl sites for hydroxylation is 3. The molecular weight excluding hydrogens is 182 g/mol. The largest absolute Gasteiger partial charge is 0.258 e. The van der Waals surface area contributed by atoms with Crippen molar-refractivity contribution in [3.63, 3.8) is 0 Å². The van der Waals surface area contributed by atoms with Crippen molar-refractivity contribution in [2.24, 2.45) is 0 Å². The van der Waals surface area contributed by atoms with Gasteiger partial charge in [-0.25, -0.2) is 0 Å². The molecule has 0 saturated heterocycles. The molecule has 0 unspecified atom stereocenters. The molecule has 0 amide bonds. The van der Waals surface area contributed by atoms with Gasteiger partial charge in [-0.2, -0.15) is 0 Å². The molecule has 0 bridgehead atoms. The lowest BCUT2D eigenvalue weighted by atomic mass is 9.96. The van der Waals surface area contributed by atoms with Crippen molar-refractivity contribution in [1.82, 2.24) is 4.98 Å². The Balaban J connectivity index is 0.000000442. The van der Waals surface area contributed by atoms with E-state index in [1.807, 2.05) is 27.7 Å². The fourth-order valence-electron chi connectivity index (χ4n) is 1.69. The average molecular weight is 207 g/mol. The van der Waals surface area contributed by atoms with Crippen LogP contribution in [-0.4, -0.2) is 4.98 Å². The molecule has 86 valence electrons. The summed E-state index contributed by atoms with van der Waals surface area (Å²) in [5.74, 6) is 0. The second-order valence-electron chi connectivity index (χ2n) is 3.27. The molecule has 0 aromatic carbocycles. The Kier molecular flexibility index (Phi) is 7.98. The lowest BCUT2D eigenvalue weighted by Crippen LogP contribution is -2.05. The summed E-state index contributed by atoms with van der Waals surface area (Å²) < 4.78 is 0. The summed E-state index contributed by atoms with van der Waals surface area (Å²) in [4.78, 5) is 4.51. The highest BCUT2D eigenvalue weighted by Crippen LogP contribution is 2.18. The highest BCUT2D eigenvalue weighted by molar-refractivity contribution is 5.24. The van der Waals surface area contributed by atoms with Gasteiger partial charge in [0.1, 0.15) is 0 Å². The van der Waals surface area contributed by atoms with Crippen molar-refractivity contribution in [2.45, 2.75) is 60.3 Å². The van der Waals surface area contributed by atoms with Gasteiger partial charge in [-0.15, -0.1) is 0 Å². The number of fused-ring (bicyclic) bond motifs is 1. The van der Waals surface area contributed by atoms with Gasteiger partial charge in [-0.3, -0.25) is 4.98 Å². The Hall–Kier alpha value is -0.850. The molecule has 1 nitrogen and oxygen atoms in total. The summed E-state index contributed by atoms with van der Waals surface area (Å²) in [6.07, 6.45) is 5.10. The van der Waals surface area contributed by atoms with Gasteiger partial charge >= 0.3 is 0 Å². The van der Waals surface area contributed by atoms with Crippen LogP contribution in [-0.2, 0) is 12.8 Å². The van der Waals surface area contributed by atoms with Crippen molar-refractivity contribution in [3.05, 3.63) is 29.1 Å². The van der Waals surface area contributed by atoms with E-state index >= 15 is 0 Å². The smallest absolute Gasteiger partial charge is 0.0438 e. The lowest BCUT2D eigenvalue weighted by Gasteiger charge is -2.14. The minimum atomic E-state index is 1.16. The zero-order chi connectivity index (χ0) is 11.7. The van der Waals surface area contributed by atoms with Gasteiger partial charge in [-0.05, 0) is 44.2 Å².